The Balaban J connectivity index is 1.60. The van der Waals surface area contributed by atoms with Crippen LogP contribution < -0.4 is 15.0 Å². The molecule has 8 heteroatoms. The molecule has 1 unspecified atom stereocenters. The van der Waals surface area contributed by atoms with Gasteiger partial charge in [0.25, 0.3) is 0 Å². The molecule has 1 saturated heterocycles. The zero-order valence-corrected chi connectivity index (χ0v) is 15.6. The van der Waals surface area contributed by atoms with E-state index >= 15 is 0 Å². The first-order chi connectivity index (χ1) is 12.6. The van der Waals surface area contributed by atoms with Gasteiger partial charge in [0.05, 0.1) is 25.4 Å². The van der Waals surface area contributed by atoms with Crippen LogP contribution in [-0.4, -0.2) is 62.3 Å². The number of fused-ring (bicyclic) bond motifs is 1. The number of hydrogen-bond donors (Lipinski definition) is 1. The quantitative estimate of drug-likeness (QED) is 0.866. The van der Waals surface area contributed by atoms with Crippen LogP contribution in [0.4, 0.5) is 10.5 Å². The second-order valence-corrected chi connectivity index (χ2v) is 6.86. The number of likely N-dealkylation sites (tertiary alicyclic amines) is 1. The lowest BCUT2D eigenvalue weighted by Crippen LogP contribution is -2.52. The van der Waals surface area contributed by atoms with E-state index in [0.29, 0.717) is 37.9 Å². The van der Waals surface area contributed by atoms with Gasteiger partial charge in [0.15, 0.2) is 0 Å². The highest BCUT2D eigenvalue weighted by atomic mass is 35.5. The monoisotopic (exact) mass is 381 g/mol. The summed E-state index contributed by atoms with van der Waals surface area (Å²) < 4.78 is 10.6. The molecular formula is C18H24ClN3O4. The Kier molecular flexibility index (Phi) is 6.08. The minimum absolute atomic E-state index is 0.0354. The molecule has 0 aromatic heterocycles. The number of anilines is 1. The highest BCUT2D eigenvalue weighted by Crippen LogP contribution is 2.33. The molecule has 26 heavy (non-hydrogen) atoms. The maximum absolute atomic E-state index is 12.8. The van der Waals surface area contributed by atoms with Crippen molar-refractivity contribution in [2.75, 3.05) is 44.3 Å². The molecule has 0 spiro atoms. The maximum Gasteiger partial charge on any atom is 0.407 e. The Morgan fingerprint density at radius 1 is 1.38 bits per heavy atom. The normalized spacial score (nSPS) is 19.4. The smallest absolute Gasteiger partial charge is 0.407 e. The molecule has 0 aliphatic carbocycles. The van der Waals surface area contributed by atoms with Gasteiger partial charge in [-0.05, 0) is 38.0 Å². The number of rotatable bonds is 4. The third-order valence-corrected chi connectivity index (χ3v) is 4.81. The first kappa shape index (κ1) is 18.6. The number of carbonyl (C=O) groups excluding carboxylic acids is 2. The van der Waals surface area contributed by atoms with Crippen molar-refractivity contribution < 1.29 is 19.1 Å². The van der Waals surface area contributed by atoms with Gasteiger partial charge in [-0.15, -0.1) is 0 Å². The number of piperidine rings is 1. The average molecular weight is 382 g/mol. The van der Waals surface area contributed by atoms with Crippen LogP contribution in [0.3, 0.4) is 0 Å². The maximum atomic E-state index is 12.8. The van der Waals surface area contributed by atoms with Crippen molar-refractivity contribution in [3.05, 3.63) is 23.2 Å². The summed E-state index contributed by atoms with van der Waals surface area (Å²) in [4.78, 5) is 28.2. The number of amides is 2. The first-order valence-electron chi connectivity index (χ1n) is 8.95. The number of carbonyl (C=O) groups is 2. The highest BCUT2D eigenvalue weighted by Gasteiger charge is 2.28. The van der Waals surface area contributed by atoms with Crippen molar-refractivity contribution >= 4 is 29.3 Å². The van der Waals surface area contributed by atoms with Gasteiger partial charge in [-0.3, -0.25) is 4.79 Å². The number of hydrogen-bond acceptors (Lipinski definition) is 5. The van der Waals surface area contributed by atoms with E-state index in [-0.39, 0.29) is 18.5 Å². The molecule has 0 bridgehead atoms. The minimum atomic E-state index is -0.427. The number of halogens is 1. The van der Waals surface area contributed by atoms with Crippen molar-refractivity contribution in [2.24, 2.45) is 0 Å². The van der Waals surface area contributed by atoms with E-state index in [9.17, 15) is 9.59 Å². The molecule has 0 saturated carbocycles. The Morgan fingerprint density at radius 3 is 3.04 bits per heavy atom. The molecule has 7 nitrogen and oxygen atoms in total. The molecule has 1 atom stereocenters. The molecule has 1 aromatic carbocycles. The highest BCUT2D eigenvalue weighted by molar-refractivity contribution is 6.31. The van der Waals surface area contributed by atoms with E-state index in [2.05, 4.69) is 5.32 Å². The van der Waals surface area contributed by atoms with Gasteiger partial charge in [0.2, 0.25) is 5.91 Å². The van der Waals surface area contributed by atoms with Crippen LogP contribution in [0, 0.1) is 0 Å². The standard InChI is InChI=1S/C18H24ClN3O4/c1-2-25-18(24)20-14-4-3-7-22(11-14)17(23)12-21-8-9-26-16-6-5-13(19)10-15(16)21/h5-6,10,14H,2-4,7-9,11-12H2,1H3,(H,20,24). The number of nitrogens with one attached hydrogen (secondary N) is 1. The van der Waals surface area contributed by atoms with Crippen LogP contribution >= 0.6 is 11.6 Å². The van der Waals surface area contributed by atoms with Crippen LogP contribution in [-0.2, 0) is 9.53 Å². The molecule has 2 aliphatic rings. The van der Waals surface area contributed by atoms with Gasteiger partial charge < -0.3 is 24.6 Å². The average Bonchev–Trinajstić information content (AvgIpc) is 2.62. The summed E-state index contributed by atoms with van der Waals surface area (Å²) in [5.74, 6) is 0.780. The largest absolute Gasteiger partial charge is 0.490 e. The van der Waals surface area contributed by atoms with E-state index < -0.39 is 6.09 Å². The van der Waals surface area contributed by atoms with Crippen LogP contribution in [0.25, 0.3) is 0 Å². The fourth-order valence-electron chi connectivity index (χ4n) is 3.33. The molecular weight excluding hydrogens is 358 g/mol. The molecule has 3 rings (SSSR count). The molecule has 1 aromatic rings. The topological polar surface area (TPSA) is 71.1 Å². The van der Waals surface area contributed by atoms with E-state index in [1.54, 1.807) is 17.9 Å². The molecule has 1 fully saturated rings. The SMILES string of the molecule is CCOC(=O)NC1CCCN(C(=O)CN2CCOc3ccc(Cl)cc32)C1. The molecule has 1 N–H and O–H groups in total. The van der Waals surface area contributed by atoms with Crippen molar-refractivity contribution in [1.29, 1.82) is 0 Å². The van der Waals surface area contributed by atoms with Crippen LogP contribution in [0.2, 0.25) is 5.02 Å². The summed E-state index contributed by atoms with van der Waals surface area (Å²) in [5.41, 5.74) is 0.843. The Hall–Kier alpha value is -2.15. The lowest BCUT2D eigenvalue weighted by molar-refractivity contribution is -0.131. The molecule has 2 amide bonds. The summed E-state index contributed by atoms with van der Waals surface area (Å²) in [6, 6.07) is 5.36. The van der Waals surface area contributed by atoms with E-state index in [4.69, 9.17) is 21.1 Å². The number of nitrogens with zero attached hydrogens (tertiary/aromatic N) is 2. The Morgan fingerprint density at radius 2 is 2.23 bits per heavy atom. The first-order valence-corrected chi connectivity index (χ1v) is 9.33. The van der Waals surface area contributed by atoms with E-state index in [1.165, 1.54) is 0 Å². The number of ether oxygens (including phenoxy) is 2. The molecule has 142 valence electrons. The lowest BCUT2D eigenvalue weighted by atomic mass is 10.1. The second-order valence-electron chi connectivity index (χ2n) is 6.43. The predicted octanol–water partition coefficient (Wildman–Crippen LogP) is 2.28. The van der Waals surface area contributed by atoms with Crippen LogP contribution in [0.15, 0.2) is 18.2 Å². The molecule has 2 heterocycles. The van der Waals surface area contributed by atoms with Gasteiger partial charge in [0.1, 0.15) is 12.4 Å². The van der Waals surface area contributed by atoms with Crippen molar-refractivity contribution in [3.8, 4) is 5.75 Å². The second kappa shape index (κ2) is 8.49. The fourth-order valence-corrected chi connectivity index (χ4v) is 3.50. The summed E-state index contributed by atoms with van der Waals surface area (Å²) in [7, 11) is 0. The zero-order valence-electron chi connectivity index (χ0n) is 14.9. The number of benzene rings is 1. The Bertz CT molecular complexity index is 670. The molecule has 2 aliphatic heterocycles. The zero-order chi connectivity index (χ0) is 18.5. The third kappa shape index (κ3) is 4.52. The van der Waals surface area contributed by atoms with Crippen LogP contribution in [0.5, 0.6) is 5.75 Å². The van der Waals surface area contributed by atoms with Gasteiger partial charge in [-0.2, -0.15) is 0 Å². The van der Waals surface area contributed by atoms with E-state index in [1.807, 2.05) is 17.0 Å². The lowest BCUT2D eigenvalue weighted by Gasteiger charge is -2.36. The van der Waals surface area contributed by atoms with Crippen LogP contribution in [0.1, 0.15) is 19.8 Å². The van der Waals surface area contributed by atoms with Crippen molar-refractivity contribution in [3.63, 3.8) is 0 Å². The van der Waals surface area contributed by atoms with Gasteiger partial charge in [0, 0.05) is 24.2 Å². The molecule has 0 radical (unpaired) electrons. The van der Waals surface area contributed by atoms with Crippen molar-refractivity contribution in [2.45, 2.75) is 25.8 Å². The van der Waals surface area contributed by atoms with Crippen molar-refractivity contribution in [1.82, 2.24) is 10.2 Å². The summed E-state index contributed by atoms with van der Waals surface area (Å²) in [6.45, 7) is 4.75. The summed E-state index contributed by atoms with van der Waals surface area (Å²) >= 11 is 6.09. The van der Waals surface area contributed by atoms with Gasteiger partial charge in [-0.1, -0.05) is 11.6 Å². The Labute approximate surface area is 158 Å². The van der Waals surface area contributed by atoms with E-state index in [0.717, 1.165) is 24.3 Å². The number of alkyl carbamates (subject to hydrolysis) is 1. The fraction of sp³-hybridized carbons (Fsp3) is 0.556. The summed E-state index contributed by atoms with van der Waals surface area (Å²) in [6.07, 6.45) is 1.27. The van der Waals surface area contributed by atoms with Gasteiger partial charge >= 0.3 is 6.09 Å². The predicted molar refractivity (Wildman–Crippen MR) is 98.9 cm³/mol. The van der Waals surface area contributed by atoms with Gasteiger partial charge in [-0.25, -0.2) is 4.79 Å². The third-order valence-electron chi connectivity index (χ3n) is 4.58. The minimum Gasteiger partial charge on any atom is -0.490 e. The summed E-state index contributed by atoms with van der Waals surface area (Å²) in [5, 5.41) is 3.44.